The minimum Gasteiger partial charge on any atom is -0.467 e. The summed E-state index contributed by atoms with van der Waals surface area (Å²) in [6.45, 7) is 9.23. The van der Waals surface area contributed by atoms with Gasteiger partial charge in [0.1, 0.15) is 11.5 Å². The van der Waals surface area contributed by atoms with Crippen LogP contribution >= 0.6 is 0 Å². The predicted octanol–water partition coefficient (Wildman–Crippen LogP) is 5.54. The maximum atomic E-state index is 12.7. The van der Waals surface area contributed by atoms with Gasteiger partial charge in [-0.15, -0.1) is 0 Å². The minimum atomic E-state index is -5.73. The van der Waals surface area contributed by atoms with Gasteiger partial charge in [0.05, 0.1) is 0 Å². The summed E-state index contributed by atoms with van der Waals surface area (Å²) in [5.74, 6) is 0.618. The number of aryl methyl sites for hydroxylation is 1. The average Bonchev–Trinajstić information content (AvgIpc) is 2.66. The fourth-order valence-electron chi connectivity index (χ4n) is 3.24. The molecule has 0 saturated heterocycles. The van der Waals surface area contributed by atoms with Crippen molar-refractivity contribution in [2.24, 2.45) is 0 Å². The van der Waals surface area contributed by atoms with Crippen molar-refractivity contribution in [1.29, 1.82) is 0 Å². The molecule has 0 fully saturated rings. The van der Waals surface area contributed by atoms with Crippen molar-refractivity contribution in [2.45, 2.75) is 52.5 Å². The fraction of sp³-hybridized carbons (Fsp3) is 0.455. The standard InChI is InChI=1S/C22H27F3O5S/c1-13(2)18-10-17(7-8-20(18)29-12-28-6)11-19-14(3)9-21(16(5)15(19)4)30-31(26,27)22(23,24)25/h7-10,13H,11-12H2,1-6H3. The monoisotopic (exact) mass is 460 g/mol. The van der Waals surface area contributed by atoms with Crippen molar-refractivity contribution in [1.82, 2.24) is 0 Å². The Balaban J connectivity index is 2.41. The van der Waals surface area contributed by atoms with Crippen LogP contribution in [0.5, 0.6) is 11.5 Å². The lowest BCUT2D eigenvalue weighted by Crippen LogP contribution is -2.28. The van der Waals surface area contributed by atoms with Crippen LogP contribution in [0.1, 0.15) is 53.1 Å². The van der Waals surface area contributed by atoms with Gasteiger partial charge in [0.2, 0.25) is 0 Å². The van der Waals surface area contributed by atoms with E-state index in [1.165, 1.54) is 6.07 Å². The number of hydrogen-bond donors (Lipinski definition) is 0. The predicted molar refractivity (Wildman–Crippen MR) is 112 cm³/mol. The van der Waals surface area contributed by atoms with E-state index < -0.39 is 15.6 Å². The highest BCUT2D eigenvalue weighted by molar-refractivity contribution is 7.88. The Morgan fingerprint density at radius 2 is 1.65 bits per heavy atom. The Morgan fingerprint density at radius 3 is 2.19 bits per heavy atom. The molecule has 0 heterocycles. The second kappa shape index (κ2) is 9.48. The molecule has 0 aliphatic heterocycles. The first-order valence-electron chi connectivity index (χ1n) is 9.63. The number of benzene rings is 2. The third kappa shape index (κ3) is 5.71. The molecular weight excluding hydrogens is 433 g/mol. The Hall–Kier alpha value is -2.26. The number of ether oxygens (including phenoxy) is 2. The molecule has 0 N–H and O–H groups in total. The highest BCUT2D eigenvalue weighted by atomic mass is 32.2. The highest BCUT2D eigenvalue weighted by Gasteiger charge is 2.48. The van der Waals surface area contributed by atoms with Crippen LogP contribution in [0.15, 0.2) is 24.3 Å². The van der Waals surface area contributed by atoms with Crippen molar-refractivity contribution < 1.29 is 35.2 Å². The van der Waals surface area contributed by atoms with E-state index in [2.05, 4.69) is 4.18 Å². The Labute approximate surface area is 181 Å². The van der Waals surface area contributed by atoms with Gasteiger partial charge in [0.15, 0.2) is 6.79 Å². The van der Waals surface area contributed by atoms with E-state index in [9.17, 15) is 21.6 Å². The molecule has 5 nitrogen and oxygen atoms in total. The Morgan fingerprint density at radius 1 is 1.00 bits per heavy atom. The largest absolute Gasteiger partial charge is 0.534 e. The molecule has 2 aromatic rings. The summed E-state index contributed by atoms with van der Waals surface area (Å²) >= 11 is 0. The van der Waals surface area contributed by atoms with Gasteiger partial charge in [-0.1, -0.05) is 26.0 Å². The zero-order valence-corrected chi connectivity index (χ0v) is 19.2. The Bertz CT molecular complexity index is 1040. The molecule has 0 atom stereocenters. The number of hydrogen-bond acceptors (Lipinski definition) is 5. The molecular formula is C22H27F3O5S. The smallest absolute Gasteiger partial charge is 0.467 e. The summed E-state index contributed by atoms with van der Waals surface area (Å²) in [5.41, 5.74) is -0.917. The molecule has 0 aliphatic carbocycles. The maximum Gasteiger partial charge on any atom is 0.534 e. The van der Waals surface area contributed by atoms with Gasteiger partial charge in [-0.2, -0.15) is 21.6 Å². The Kier molecular flexibility index (Phi) is 7.65. The molecule has 172 valence electrons. The molecule has 2 rings (SSSR count). The number of halogens is 3. The van der Waals surface area contributed by atoms with Crippen molar-refractivity contribution in [3.8, 4) is 11.5 Å². The lowest BCUT2D eigenvalue weighted by molar-refractivity contribution is -0.0500. The van der Waals surface area contributed by atoms with Crippen LogP contribution in [-0.2, 0) is 21.3 Å². The molecule has 0 bridgehead atoms. The van der Waals surface area contributed by atoms with Crippen LogP contribution in [0.2, 0.25) is 0 Å². The van der Waals surface area contributed by atoms with E-state index in [4.69, 9.17) is 9.47 Å². The van der Waals surface area contributed by atoms with Gasteiger partial charge in [-0.25, -0.2) is 0 Å². The first kappa shape index (κ1) is 25.0. The van der Waals surface area contributed by atoms with Gasteiger partial charge in [0.25, 0.3) is 0 Å². The lowest BCUT2D eigenvalue weighted by Gasteiger charge is -2.19. The van der Waals surface area contributed by atoms with E-state index in [0.29, 0.717) is 23.1 Å². The molecule has 31 heavy (non-hydrogen) atoms. The van der Waals surface area contributed by atoms with Gasteiger partial charge >= 0.3 is 15.6 Å². The quantitative estimate of drug-likeness (QED) is 0.294. The summed E-state index contributed by atoms with van der Waals surface area (Å²) in [5, 5.41) is 0. The van der Waals surface area contributed by atoms with Gasteiger partial charge in [-0.05, 0) is 78.6 Å². The number of alkyl halides is 3. The second-order valence-electron chi connectivity index (χ2n) is 7.66. The molecule has 0 saturated carbocycles. The third-order valence-electron chi connectivity index (χ3n) is 5.10. The van der Waals surface area contributed by atoms with Crippen molar-refractivity contribution in [3.63, 3.8) is 0 Å². The zero-order chi connectivity index (χ0) is 23.6. The minimum absolute atomic E-state index is 0.138. The third-order valence-corrected chi connectivity index (χ3v) is 6.07. The second-order valence-corrected chi connectivity index (χ2v) is 9.20. The van der Waals surface area contributed by atoms with Crippen LogP contribution in [0.3, 0.4) is 0 Å². The van der Waals surface area contributed by atoms with E-state index in [1.807, 2.05) is 32.0 Å². The first-order valence-corrected chi connectivity index (χ1v) is 11.0. The first-order chi connectivity index (χ1) is 14.3. The van der Waals surface area contributed by atoms with Crippen LogP contribution in [0, 0.1) is 20.8 Å². The lowest BCUT2D eigenvalue weighted by atomic mass is 9.91. The molecule has 0 aromatic heterocycles. The summed E-state index contributed by atoms with van der Waals surface area (Å²) < 4.78 is 75.9. The van der Waals surface area contributed by atoms with Crippen LogP contribution in [-0.4, -0.2) is 27.8 Å². The van der Waals surface area contributed by atoms with E-state index in [0.717, 1.165) is 22.4 Å². The molecule has 0 amide bonds. The van der Waals surface area contributed by atoms with Crippen molar-refractivity contribution in [2.75, 3.05) is 13.9 Å². The van der Waals surface area contributed by atoms with Gasteiger partial charge in [0, 0.05) is 7.11 Å². The molecule has 9 heteroatoms. The van der Waals surface area contributed by atoms with Crippen molar-refractivity contribution >= 4 is 10.1 Å². The van der Waals surface area contributed by atoms with Crippen molar-refractivity contribution in [3.05, 3.63) is 57.6 Å². The average molecular weight is 461 g/mol. The van der Waals surface area contributed by atoms with Crippen LogP contribution < -0.4 is 8.92 Å². The summed E-state index contributed by atoms with van der Waals surface area (Å²) in [7, 11) is -4.18. The number of methoxy groups -OCH3 is 1. The molecule has 0 radical (unpaired) electrons. The topological polar surface area (TPSA) is 61.8 Å². The van der Waals surface area contributed by atoms with Gasteiger partial charge < -0.3 is 13.7 Å². The maximum absolute atomic E-state index is 12.7. The molecule has 0 spiro atoms. The molecule has 0 unspecified atom stereocenters. The normalized spacial score (nSPS) is 12.3. The van der Waals surface area contributed by atoms with Gasteiger partial charge in [-0.3, -0.25) is 0 Å². The zero-order valence-electron chi connectivity index (χ0n) is 18.4. The molecule has 2 aromatic carbocycles. The van der Waals surface area contributed by atoms with Crippen LogP contribution in [0.4, 0.5) is 13.2 Å². The SMILES string of the molecule is COCOc1ccc(Cc2c(C)cc(OS(=O)(=O)C(F)(F)F)c(C)c2C)cc1C(C)C. The summed E-state index contributed by atoms with van der Waals surface area (Å²) in [4.78, 5) is 0. The summed E-state index contributed by atoms with van der Waals surface area (Å²) in [6, 6.07) is 7.15. The van der Waals surface area contributed by atoms with E-state index in [-0.39, 0.29) is 18.5 Å². The van der Waals surface area contributed by atoms with E-state index in [1.54, 1.807) is 27.9 Å². The number of rotatable bonds is 8. The molecule has 0 aliphatic rings. The van der Waals surface area contributed by atoms with E-state index >= 15 is 0 Å². The highest BCUT2D eigenvalue weighted by Crippen LogP contribution is 2.34. The fourth-order valence-corrected chi connectivity index (χ4v) is 3.74. The summed E-state index contributed by atoms with van der Waals surface area (Å²) in [6.07, 6.45) is 0.523. The van der Waals surface area contributed by atoms with Crippen LogP contribution in [0.25, 0.3) is 0 Å².